The van der Waals surface area contributed by atoms with Crippen molar-refractivity contribution in [3.8, 4) is 17.0 Å². The highest BCUT2D eigenvalue weighted by Crippen LogP contribution is 2.58. The Hall–Kier alpha value is -1.92. The lowest BCUT2D eigenvalue weighted by Crippen LogP contribution is -2.44. The molecule has 5 nitrogen and oxygen atoms in total. The van der Waals surface area contributed by atoms with Gasteiger partial charge in [0, 0.05) is 59.0 Å². The maximum atomic E-state index is 13.8. The number of carbonyl (C=O) groups excluding carboxylic acids is 1. The second-order valence-corrected chi connectivity index (χ2v) is 15.6. The summed E-state index contributed by atoms with van der Waals surface area (Å²) in [5.41, 5.74) is 7.32. The molecule has 1 aromatic carbocycles. The van der Waals surface area contributed by atoms with Crippen LogP contribution in [0, 0.1) is 12.8 Å². The summed E-state index contributed by atoms with van der Waals surface area (Å²) in [6, 6.07) is 6.99. The van der Waals surface area contributed by atoms with E-state index >= 15 is 0 Å². The molecule has 2 aromatic rings. The average Bonchev–Trinajstić information content (AvgIpc) is 3.68. The molecule has 41 heavy (non-hydrogen) atoms. The highest BCUT2D eigenvalue weighted by atomic mass is 32.2. The Morgan fingerprint density at radius 2 is 1.76 bits per heavy atom. The number of hydrogen-bond acceptors (Lipinski definition) is 4. The number of nitrogens with zero attached hydrogens (tertiary/aromatic N) is 1. The molecule has 1 saturated heterocycles. The van der Waals surface area contributed by atoms with Crippen molar-refractivity contribution in [2.24, 2.45) is 5.92 Å². The van der Waals surface area contributed by atoms with Crippen molar-refractivity contribution in [2.75, 3.05) is 32.6 Å². The monoisotopic (exact) mass is 578 g/mol. The van der Waals surface area contributed by atoms with Crippen molar-refractivity contribution in [2.45, 2.75) is 114 Å². The highest BCUT2D eigenvalue weighted by molar-refractivity contribution is 8.00. The minimum absolute atomic E-state index is 0.0284. The summed E-state index contributed by atoms with van der Waals surface area (Å²) >= 11 is 1.87. The Kier molecular flexibility index (Phi) is 8.04. The van der Waals surface area contributed by atoms with Crippen molar-refractivity contribution >= 4 is 17.7 Å². The zero-order chi connectivity index (χ0) is 28.8. The van der Waals surface area contributed by atoms with E-state index in [1.165, 1.54) is 67.3 Å². The number of hydrogen-bond donors (Lipinski definition) is 1. The van der Waals surface area contributed by atoms with Crippen LogP contribution in [0.4, 0.5) is 0 Å². The molecule has 6 rings (SSSR count). The Bertz CT molecular complexity index is 1260. The normalized spacial score (nSPS) is 21.8. The van der Waals surface area contributed by atoms with Gasteiger partial charge in [0.2, 0.25) is 0 Å². The van der Waals surface area contributed by atoms with E-state index in [1.54, 1.807) is 0 Å². The summed E-state index contributed by atoms with van der Waals surface area (Å²) in [6.07, 6.45) is 14.3. The SMILES string of the molecule is CSC1(CNC(=O)c2cc(-c3cc(C(C)(C)C)c4c(c3)C3(CCO4)CC3)n(CC3CCCCC3)c2C)CCOCC1. The molecule has 0 bridgehead atoms. The third kappa shape index (κ3) is 5.72. The van der Waals surface area contributed by atoms with Crippen molar-refractivity contribution in [1.29, 1.82) is 0 Å². The number of thioether (sulfide) groups is 1. The van der Waals surface area contributed by atoms with Crippen LogP contribution >= 0.6 is 11.8 Å². The summed E-state index contributed by atoms with van der Waals surface area (Å²) < 4.78 is 14.6. The smallest absolute Gasteiger partial charge is 0.253 e. The Balaban J connectivity index is 1.40. The van der Waals surface area contributed by atoms with Crippen molar-refractivity contribution < 1.29 is 14.3 Å². The van der Waals surface area contributed by atoms with Gasteiger partial charge in [-0.1, -0.05) is 40.0 Å². The number of carbonyl (C=O) groups is 1. The van der Waals surface area contributed by atoms with Gasteiger partial charge in [-0.05, 0) is 93.2 Å². The Labute approximate surface area is 251 Å². The fourth-order valence-corrected chi connectivity index (χ4v) is 8.34. The summed E-state index contributed by atoms with van der Waals surface area (Å²) in [7, 11) is 0. The molecule has 1 N–H and O–H groups in total. The first-order valence-corrected chi connectivity index (χ1v) is 17.3. The maximum absolute atomic E-state index is 13.8. The molecule has 224 valence electrons. The van der Waals surface area contributed by atoms with Crippen LogP contribution in [0.1, 0.15) is 112 Å². The quantitative estimate of drug-likeness (QED) is 0.364. The minimum atomic E-state index is -0.0284. The third-order valence-corrected chi connectivity index (χ3v) is 12.0. The molecule has 3 fully saturated rings. The van der Waals surface area contributed by atoms with Crippen LogP contribution in [0.15, 0.2) is 18.2 Å². The predicted octanol–water partition coefficient (Wildman–Crippen LogP) is 7.80. The summed E-state index contributed by atoms with van der Waals surface area (Å²) in [5, 5.41) is 3.36. The fraction of sp³-hybridized carbons (Fsp3) is 0.686. The van der Waals surface area contributed by atoms with Crippen LogP contribution < -0.4 is 10.1 Å². The molecule has 2 saturated carbocycles. The lowest BCUT2D eigenvalue weighted by Gasteiger charge is -2.35. The molecular weight excluding hydrogens is 528 g/mol. The van der Waals surface area contributed by atoms with Gasteiger partial charge in [0.1, 0.15) is 5.75 Å². The van der Waals surface area contributed by atoms with E-state index in [1.807, 2.05) is 11.8 Å². The van der Waals surface area contributed by atoms with Crippen LogP contribution in [0.2, 0.25) is 0 Å². The number of fused-ring (bicyclic) bond motifs is 2. The second-order valence-electron chi connectivity index (χ2n) is 14.4. The summed E-state index contributed by atoms with van der Waals surface area (Å²) in [4.78, 5) is 13.8. The zero-order valence-electron chi connectivity index (χ0n) is 26.0. The van der Waals surface area contributed by atoms with Gasteiger partial charge in [0.25, 0.3) is 5.91 Å². The van der Waals surface area contributed by atoms with Crippen LogP contribution in [0.25, 0.3) is 11.3 Å². The predicted molar refractivity (Wildman–Crippen MR) is 170 cm³/mol. The van der Waals surface area contributed by atoms with Gasteiger partial charge in [0.15, 0.2) is 0 Å². The first-order valence-electron chi connectivity index (χ1n) is 16.1. The molecule has 0 unspecified atom stereocenters. The van der Waals surface area contributed by atoms with Crippen LogP contribution in [0.5, 0.6) is 5.75 Å². The number of benzene rings is 1. The summed E-state index contributed by atoms with van der Waals surface area (Å²) in [6.45, 7) is 13.1. The zero-order valence-corrected chi connectivity index (χ0v) is 26.8. The first-order chi connectivity index (χ1) is 19.6. The lowest BCUT2D eigenvalue weighted by atomic mass is 9.79. The third-order valence-electron chi connectivity index (χ3n) is 10.6. The number of amides is 1. The molecular formula is C35H50N2O3S. The van der Waals surface area contributed by atoms with E-state index in [2.05, 4.69) is 62.0 Å². The molecule has 1 aromatic heterocycles. The molecule has 1 spiro atoms. The average molecular weight is 579 g/mol. The fourth-order valence-electron chi connectivity index (χ4n) is 7.55. The second kappa shape index (κ2) is 11.3. The van der Waals surface area contributed by atoms with Crippen molar-refractivity contribution in [3.63, 3.8) is 0 Å². The highest BCUT2D eigenvalue weighted by Gasteiger charge is 2.49. The lowest BCUT2D eigenvalue weighted by molar-refractivity contribution is 0.0742. The standard InChI is InChI=1S/C35H50N2O3S/c1-24-27(32(38)36-23-35(41-5)14-16-39-17-15-35)21-30(37(24)22-25-9-7-6-8-10-25)26-19-28(33(2,3)4)31-29(20-26)34(11-12-34)13-18-40-31/h19-21,25H,6-18,22-23H2,1-5H3,(H,36,38). The first kappa shape index (κ1) is 29.2. The topological polar surface area (TPSA) is 52.5 Å². The van der Waals surface area contributed by atoms with Gasteiger partial charge in [-0.3, -0.25) is 4.79 Å². The number of aromatic nitrogens is 1. The van der Waals surface area contributed by atoms with Crippen LogP contribution in [-0.4, -0.2) is 47.8 Å². The Morgan fingerprint density at radius 3 is 2.41 bits per heavy atom. The molecule has 0 atom stereocenters. The van der Waals surface area contributed by atoms with Gasteiger partial charge >= 0.3 is 0 Å². The van der Waals surface area contributed by atoms with Crippen LogP contribution in [0.3, 0.4) is 0 Å². The van der Waals surface area contributed by atoms with Gasteiger partial charge < -0.3 is 19.4 Å². The molecule has 2 aliphatic carbocycles. The molecule has 4 aliphatic rings. The number of ether oxygens (including phenoxy) is 2. The molecule has 3 heterocycles. The number of nitrogens with one attached hydrogen (secondary N) is 1. The van der Waals surface area contributed by atoms with E-state index in [4.69, 9.17) is 9.47 Å². The maximum Gasteiger partial charge on any atom is 0.253 e. The molecule has 0 radical (unpaired) electrons. The van der Waals surface area contributed by atoms with Gasteiger partial charge in [-0.2, -0.15) is 11.8 Å². The largest absolute Gasteiger partial charge is 0.493 e. The molecule has 1 amide bonds. The van der Waals surface area contributed by atoms with Crippen molar-refractivity contribution in [1.82, 2.24) is 9.88 Å². The van der Waals surface area contributed by atoms with E-state index in [0.717, 1.165) is 62.6 Å². The Morgan fingerprint density at radius 1 is 1.02 bits per heavy atom. The van der Waals surface area contributed by atoms with Crippen LogP contribution in [-0.2, 0) is 22.1 Å². The van der Waals surface area contributed by atoms with Gasteiger partial charge in [-0.25, -0.2) is 0 Å². The summed E-state index contributed by atoms with van der Waals surface area (Å²) in [5.74, 6) is 1.86. The molecule has 2 aliphatic heterocycles. The van der Waals surface area contributed by atoms with Crippen molar-refractivity contribution in [3.05, 3.63) is 40.6 Å². The molecule has 6 heteroatoms. The minimum Gasteiger partial charge on any atom is -0.493 e. The van der Waals surface area contributed by atoms with E-state index in [-0.39, 0.29) is 21.5 Å². The number of rotatable bonds is 7. The van der Waals surface area contributed by atoms with Gasteiger partial charge in [-0.15, -0.1) is 0 Å². The van der Waals surface area contributed by atoms with E-state index in [0.29, 0.717) is 12.5 Å². The van der Waals surface area contributed by atoms with Gasteiger partial charge in [0.05, 0.1) is 12.2 Å². The van der Waals surface area contributed by atoms with E-state index in [9.17, 15) is 4.79 Å². The van der Waals surface area contributed by atoms with E-state index < -0.39 is 0 Å².